The van der Waals surface area contributed by atoms with Gasteiger partial charge in [-0.2, -0.15) is 0 Å². The summed E-state index contributed by atoms with van der Waals surface area (Å²) in [4.78, 5) is 22.2. The zero-order valence-electron chi connectivity index (χ0n) is 9.55. The molecule has 0 aromatic carbocycles. The number of carboxylic acids is 1. The molecule has 4 N–H and O–H groups in total. The van der Waals surface area contributed by atoms with Crippen molar-refractivity contribution in [2.45, 2.75) is 37.6 Å². The van der Waals surface area contributed by atoms with Crippen LogP contribution < -0.4 is 5.32 Å². The van der Waals surface area contributed by atoms with Gasteiger partial charge in [-0.1, -0.05) is 0 Å². The summed E-state index contributed by atoms with van der Waals surface area (Å²) in [6, 6.07) is 0. The number of hydrogen-bond donors (Lipinski definition) is 4. The molecule has 0 radical (unpaired) electrons. The van der Waals surface area contributed by atoms with E-state index in [1.54, 1.807) is 0 Å². The van der Waals surface area contributed by atoms with Crippen LogP contribution in [0.2, 0.25) is 0 Å². The molecule has 7 heteroatoms. The number of rotatable bonds is 5. The Morgan fingerprint density at radius 1 is 1.41 bits per heavy atom. The van der Waals surface area contributed by atoms with Crippen LogP contribution in [-0.4, -0.2) is 58.2 Å². The van der Waals surface area contributed by atoms with Gasteiger partial charge in [-0.05, 0) is 19.8 Å². The van der Waals surface area contributed by atoms with E-state index < -0.39 is 36.3 Å². The lowest BCUT2D eigenvalue weighted by molar-refractivity contribution is -0.152. The maximum atomic E-state index is 11.6. The molecule has 1 heterocycles. The van der Waals surface area contributed by atoms with Crippen molar-refractivity contribution >= 4 is 11.9 Å². The molecule has 7 nitrogen and oxygen atoms in total. The highest BCUT2D eigenvalue weighted by Gasteiger charge is 2.35. The van der Waals surface area contributed by atoms with Crippen molar-refractivity contribution in [1.82, 2.24) is 5.32 Å². The Hall–Kier alpha value is -1.18. The maximum Gasteiger partial charge on any atom is 0.332 e. The van der Waals surface area contributed by atoms with Crippen LogP contribution in [0.15, 0.2) is 0 Å². The Balaban J connectivity index is 2.37. The third-order valence-corrected chi connectivity index (χ3v) is 2.57. The quantitative estimate of drug-likeness (QED) is 0.469. The Morgan fingerprint density at radius 2 is 2.00 bits per heavy atom. The topological polar surface area (TPSA) is 116 Å². The molecule has 1 aliphatic heterocycles. The fraction of sp³-hybridized carbons (Fsp3) is 0.800. The van der Waals surface area contributed by atoms with E-state index in [0.717, 1.165) is 0 Å². The maximum absolute atomic E-state index is 11.6. The highest BCUT2D eigenvalue weighted by Crippen LogP contribution is 2.19. The average Bonchev–Trinajstić information content (AvgIpc) is 2.75. The summed E-state index contributed by atoms with van der Waals surface area (Å²) in [7, 11) is 0. The first-order chi connectivity index (χ1) is 7.85. The summed E-state index contributed by atoms with van der Waals surface area (Å²) < 4.78 is 5.03. The third-order valence-electron chi connectivity index (χ3n) is 2.57. The van der Waals surface area contributed by atoms with Crippen LogP contribution >= 0.6 is 0 Å². The third kappa shape index (κ3) is 3.95. The van der Waals surface area contributed by atoms with Gasteiger partial charge < -0.3 is 25.4 Å². The zero-order valence-corrected chi connectivity index (χ0v) is 9.55. The molecular weight excluding hydrogens is 230 g/mol. The fourth-order valence-electron chi connectivity index (χ4n) is 1.46. The number of aliphatic carboxylic acids is 1. The number of amides is 1. The first kappa shape index (κ1) is 13.9. The minimum Gasteiger partial charge on any atom is -0.479 e. The van der Waals surface area contributed by atoms with Crippen molar-refractivity contribution in [3.8, 4) is 0 Å². The van der Waals surface area contributed by atoms with Crippen LogP contribution in [0.25, 0.3) is 0 Å². The molecule has 0 bridgehead atoms. The lowest BCUT2D eigenvalue weighted by atomic mass is 10.1. The van der Waals surface area contributed by atoms with Crippen LogP contribution in [0.5, 0.6) is 0 Å². The van der Waals surface area contributed by atoms with Gasteiger partial charge in [0.15, 0.2) is 6.10 Å². The molecule has 1 fully saturated rings. The summed E-state index contributed by atoms with van der Waals surface area (Å²) in [5, 5.41) is 29.3. The van der Waals surface area contributed by atoms with Crippen LogP contribution in [0.4, 0.5) is 0 Å². The number of carbonyl (C=O) groups is 2. The first-order valence-corrected chi connectivity index (χ1v) is 5.35. The number of aliphatic hydroxyl groups excluding tert-OH is 1. The molecule has 98 valence electrons. The Kier molecular flexibility index (Phi) is 4.44. The number of aliphatic hydroxyl groups is 2. The van der Waals surface area contributed by atoms with E-state index in [1.807, 2.05) is 0 Å². The van der Waals surface area contributed by atoms with Gasteiger partial charge in [0.1, 0.15) is 11.7 Å². The molecule has 0 spiro atoms. The van der Waals surface area contributed by atoms with Gasteiger partial charge in [0, 0.05) is 6.54 Å². The minimum absolute atomic E-state index is 0.111. The molecule has 0 aliphatic carbocycles. The molecule has 3 atom stereocenters. The second kappa shape index (κ2) is 5.44. The minimum atomic E-state index is -1.39. The molecule has 1 saturated heterocycles. The summed E-state index contributed by atoms with van der Waals surface area (Å²) >= 11 is 0. The van der Waals surface area contributed by atoms with Crippen LogP contribution in [0.3, 0.4) is 0 Å². The molecule has 17 heavy (non-hydrogen) atoms. The van der Waals surface area contributed by atoms with Gasteiger partial charge in [0.05, 0.1) is 6.61 Å². The molecule has 0 aromatic rings. The van der Waals surface area contributed by atoms with Crippen molar-refractivity contribution in [2.75, 3.05) is 13.2 Å². The van der Waals surface area contributed by atoms with Gasteiger partial charge in [0.2, 0.25) is 5.91 Å². The fourth-order valence-corrected chi connectivity index (χ4v) is 1.46. The van der Waals surface area contributed by atoms with E-state index in [0.29, 0.717) is 12.8 Å². The van der Waals surface area contributed by atoms with Crippen molar-refractivity contribution in [1.29, 1.82) is 0 Å². The smallest absolute Gasteiger partial charge is 0.332 e. The van der Waals surface area contributed by atoms with E-state index >= 15 is 0 Å². The number of carbonyl (C=O) groups excluding carboxylic acids is 1. The van der Waals surface area contributed by atoms with E-state index in [-0.39, 0.29) is 6.54 Å². The lowest BCUT2D eigenvalue weighted by Crippen LogP contribution is -2.46. The Labute approximate surface area is 98.4 Å². The molecule has 1 amide bonds. The van der Waals surface area contributed by atoms with Gasteiger partial charge in [0.25, 0.3) is 0 Å². The lowest BCUT2D eigenvalue weighted by Gasteiger charge is -2.21. The summed E-state index contributed by atoms with van der Waals surface area (Å²) in [6.07, 6.45) is -1.11. The SMILES string of the molecule is CC(O)(CO)CNC(=O)C1CCC(C(=O)O)O1. The van der Waals surface area contributed by atoms with Crippen LogP contribution in [0.1, 0.15) is 19.8 Å². The van der Waals surface area contributed by atoms with Gasteiger partial charge in [-0.25, -0.2) is 4.79 Å². The van der Waals surface area contributed by atoms with E-state index in [2.05, 4.69) is 5.32 Å². The molecule has 1 aliphatic rings. The number of ether oxygens (including phenoxy) is 1. The Bertz CT molecular complexity index is 303. The zero-order chi connectivity index (χ0) is 13.1. The molecular formula is C10H17NO6. The summed E-state index contributed by atoms with van der Waals surface area (Å²) in [5.41, 5.74) is -1.39. The predicted molar refractivity (Wildman–Crippen MR) is 56.3 cm³/mol. The molecule has 0 saturated carbocycles. The number of carboxylic acid groups (broad SMARTS) is 1. The van der Waals surface area contributed by atoms with Crippen LogP contribution in [-0.2, 0) is 14.3 Å². The monoisotopic (exact) mass is 247 g/mol. The van der Waals surface area contributed by atoms with Gasteiger partial charge in [-0.3, -0.25) is 4.79 Å². The van der Waals surface area contributed by atoms with E-state index in [1.165, 1.54) is 6.92 Å². The molecule has 3 unspecified atom stereocenters. The largest absolute Gasteiger partial charge is 0.479 e. The molecule has 1 rings (SSSR count). The average molecular weight is 247 g/mol. The number of nitrogens with one attached hydrogen (secondary N) is 1. The van der Waals surface area contributed by atoms with E-state index in [9.17, 15) is 14.7 Å². The highest BCUT2D eigenvalue weighted by molar-refractivity contribution is 5.82. The Morgan fingerprint density at radius 3 is 2.47 bits per heavy atom. The second-order valence-corrected chi connectivity index (χ2v) is 4.40. The van der Waals surface area contributed by atoms with E-state index in [4.69, 9.17) is 14.9 Å². The highest BCUT2D eigenvalue weighted by atomic mass is 16.5. The number of hydrogen-bond acceptors (Lipinski definition) is 5. The predicted octanol–water partition coefficient (Wildman–Crippen LogP) is -1.52. The van der Waals surface area contributed by atoms with Crippen molar-refractivity contribution < 1.29 is 29.6 Å². The van der Waals surface area contributed by atoms with Crippen LogP contribution in [0, 0.1) is 0 Å². The summed E-state index contributed by atoms with van der Waals surface area (Å²) in [6.45, 7) is 0.791. The van der Waals surface area contributed by atoms with Gasteiger partial charge >= 0.3 is 5.97 Å². The van der Waals surface area contributed by atoms with Crippen molar-refractivity contribution in [2.24, 2.45) is 0 Å². The standard InChI is InChI=1S/C10H17NO6/c1-10(16,5-12)4-11-8(13)6-2-3-7(17-6)9(14)15/h6-7,12,16H,2-5H2,1H3,(H,11,13)(H,14,15). The van der Waals surface area contributed by atoms with Crippen molar-refractivity contribution in [3.05, 3.63) is 0 Å². The van der Waals surface area contributed by atoms with Crippen molar-refractivity contribution in [3.63, 3.8) is 0 Å². The molecule has 0 aromatic heterocycles. The summed E-state index contributed by atoms with van der Waals surface area (Å²) in [5.74, 6) is -1.55. The normalized spacial score (nSPS) is 27.5. The van der Waals surface area contributed by atoms with Gasteiger partial charge in [-0.15, -0.1) is 0 Å². The second-order valence-electron chi connectivity index (χ2n) is 4.40. The first-order valence-electron chi connectivity index (χ1n) is 5.35.